The van der Waals surface area contributed by atoms with Crippen molar-refractivity contribution in [3.8, 4) is 50.7 Å². The maximum atomic E-state index is 5.10. The lowest BCUT2D eigenvalue weighted by molar-refractivity contribution is 1.18. The van der Waals surface area contributed by atoms with Crippen molar-refractivity contribution < 1.29 is 0 Å². The van der Waals surface area contributed by atoms with Crippen LogP contribution in [-0.4, -0.2) is 14.5 Å². The van der Waals surface area contributed by atoms with Crippen LogP contribution in [0, 0.1) is 0 Å². The van der Waals surface area contributed by atoms with E-state index in [0.29, 0.717) is 0 Å². The van der Waals surface area contributed by atoms with Gasteiger partial charge >= 0.3 is 0 Å². The van der Waals surface area contributed by atoms with Gasteiger partial charge in [-0.05, 0) is 77.9 Å². The first kappa shape index (κ1) is 28.6. The number of fused-ring (bicyclic) bond motifs is 6. The zero-order valence-electron chi connectivity index (χ0n) is 27.0. The van der Waals surface area contributed by atoms with Gasteiger partial charge in [0, 0.05) is 53.3 Å². The fourth-order valence-electron chi connectivity index (χ4n) is 7.19. The Hall–Kier alpha value is -6.36. The van der Waals surface area contributed by atoms with E-state index in [2.05, 4.69) is 168 Å². The van der Waals surface area contributed by atoms with Crippen molar-refractivity contribution >= 4 is 53.3 Å². The van der Waals surface area contributed by atoms with Crippen molar-refractivity contribution in [2.75, 3.05) is 0 Å². The van der Waals surface area contributed by atoms with Crippen LogP contribution in [0.15, 0.2) is 176 Å². The maximum absolute atomic E-state index is 5.10. The summed E-state index contributed by atoms with van der Waals surface area (Å²) in [4.78, 5) is 10.2. The summed E-state index contributed by atoms with van der Waals surface area (Å²) in [5.41, 5.74) is 11.0. The van der Waals surface area contributed by atoms with Crippen LogP contribution < -0.4 is 0 Å². The second-order valence-corrected chi connectivity index (χ2v) is 13.7. The van der Waals surface area contributed by atoms with Crippen molar-refractivity contribution in [1.29, 1.82) is 0 Å². The fraction of sp³-hybridized carbons (Fsp3) is 0. The number of aromatic nitrogens is 3. The zero-order chi connectivity index (χ0) is 33.0. The number of nitrogens with zero attached hydrogens (tertiary/aromatic N) is 3. The molecular formula is C46H29N3S. The molecule has 7 aromatic carbocycles. The number of thiophene rings is 1. The summed E-state index contributed by atoms with van der Waals surface area (Å²) in [6.07, 6.45) is 0. The Balaban J connectivity index is 1.11. The summed E-state index contributed by atoms with van der Waals surface area (Å²) in [6.45, 7) is 0. The largest absolute Gasteiger partial charge is 0.309 e. The Kier molecular flexibility index (Phi) is 6.68. The Labute approximate surface area is 293 Å². The van der Waals surface area contributed by atoms with Crippen LogP contribution in [0.3, 0.4) is 0 Å². The molecule has 3 nitrogen and oxygen atoms in total. The van der Waals surface area contributed by atoms with Gasteiger partial charge in [-0.25, -0.2) is 9.97 Å². The number of hydrogen-bond donors (Lipinski definition) is 0. The molecule has 0 aliphatic rings. The highest BCUT2D eigenvalue weighted by molar-refractivity contribution is 7.25. The molecule has 4 heteroatoms. The van der Waals surface area contributed by atoms with Crippen molar-refractivity contribution in [2.45, 2.75) is 0 Å². The monoisotopic (exact) mass is 655 g/mol. The van der Waals surface area contributed by atoms with Crippen molar-refractivity contribution in [3.05, 3.63) is 176 Å². The van der Waals surface area contributed by atoms with Crippen LogP contribution in [-0.2, 0) is 0 Å². The Bertz CT molecular complexity index is 2800. The van der Waals surface area contributed by atoms with Gasteiger partial charge in [0.25, 0.3) is 0 Å². The summed E-state index contributed by atoms with van der Waals surface area (Å²) >= 11 is 1.83. The summed E-state index contributed by atoms with van der Waals surface area (Å²) in [5.74, 6) is 0.725. The minimum Gasteiger partial charge on any atom is -0.309 e. The third-order valence-corrected chi connectivity index (χ3v) is 10.8. The standard InChI is InChI=1S/C46H29N3S/c1-4-12-30(13-5-1)40-29-41(31-14-6-2-7-15-31)48-46(47-40)34-22-25-45-39(28-34)38-27-33(21-24-44(38)50-45)32-20-23-43-37(26-32)36-18-10-11-19-42(36)49(43)35-16-8-3-9-17-35/h1-29H. The third kappa shape index (κ3) is 4.80. The quantitative estimate of drug-likeness (QED) is 0.185. The van der Waals surface area contributed by atoms with Gasteiger partial charge in [-0.2, -0.15) is 0 Å². The summed E-state index contributed by atoms with van der Waals surface area (Å²) < 4.78 is 4.89. The second kappa shape index (κ2) is 11.7. The van der Waals surface area contributed by atoms with Crippen LogP contribution >= 0.6 is 11.3 Å². The maximum Gasteiger partial charge on any atom is 0.160 e. The van der Waals surface area contributed by atoms with E-state index in [-0.39, 0.29) is 0 Å². The van der Waals surface area contributed by atoms with E-state index >= 15 is 0 Å². The summed E-state index contributed by atoms with van der Waals surface area (Å²) in [6, 6.07) is 62.6. The number of para-hydroxylation sites is 2. The molecule has 234 valence electrons. The fourth-order valence-corrected chi connectivity index (χ4v) is 8.26. The van der Waals surface area contributed by atoms with Gasteiger partial charge in [0.2, 0.25) is 0 Å². The highest BCUT2D eigenvalue weighted by Crippen LogP contribution is 2.40. The van der Waals surface area contributed by atoms with Crippen molar-refractivity contribution in [3.63, 3.8) is 0 Å². The zero-order valence-corrected chi connectivity index (χ0v) is 27.8. The minimum absolute atomic E-state index is 0.725. The average Bonchev–Trinajstić information content (AvgIpc) is 3.73. The molecule has 0 amide bonds. The Morgan fingerprint density at radius 3 is 1.52 bits per heavy atom. The van der Waals surface area contributed by atoms with E-state index in [9.17, 15) is 0 Å². The Morgan fingerprint density at radius 2 is 0.860 bits per heavy atom. The molecule has 10 aromatic rings. The number of benzene rings is 7. The van der Waals surface area contributed by atoms with E-state index in [1.54, 1.807) is 0 Å². The van der Waals surface area contributed by atoms with E-state index in [0.717, 1.165) is 33.9 Å². The van der Waals surface area contributed by atoms with Gasteiger partial charge in [0.15, 0.2) is 5.82 Å². The van der Waals surface area contributed by atoms with Crippen LogP contribution in [0.5, 0.6) is 0 Å². The van der Waals surface area contributed by atoms with Gasteiger partial charge in [-0.3, -0.25) is 0 Å². The van der Waals surface area contributed by atoms with E-state index in [1.165, 1.54) is 58.8 Å². The molecule has 0 unspecified atom stereocenters. The molecule has 0 aliphatic heterocycles. The minimum atomic E-state index is 0.725. The van der Waals surface area contributed by atoms with Gasteiger partial charge < -0.3 is 4.57 Å². The number of hydrogen-bond acceptors (Lipinski definition) is 3. The second-order valence-electron chi connectivity index (χ2n) is 12.6. The molecule has 0 fully saturated rings. The lowest BCUT2D eigenvalue weighted by atomic mass is 10.00. The molecule has 0 N–H and O–H groups in total. The molecular weight excluding hydrogens is 627 g/mol. The lowest BCUT2D eigenvalue weighted by Gasteiger charge is -2.10. The first-order valence-electron chi connectivity index (χ1n) is 16.8. The van der Waals surface area contributed by atoms with Gasteiger partial charge in [-0.1, -0.05) is 109 Å². The normalized spacial score (nSPS) is 11.6. The molecule has 10 rings (SSSR count). The van der Waals surface area contributed by atoms with Crippen molar-refractivity contribution in [2.24, 2.45) is 0 Å². The van der Waals surface area contributed by atoms with Gasteiger partial charge in [-0.15, -0.1) is 11.3 Å². The molecule has 3 heterocycles. The Morgan fingerprint density at radius 1 is 0.360 bits per heavy atom. The smallest absolute Gasteiger partial charge is 0.160 e. The van der Waals surface area contributed by atoms with Gasteiger partial charge in [0.1, 0.15) is 0 Å². The highest BCUT2D eigenvalue weighted by atomic mass is 32.1. The van der Waals surface area contributed by atoms with Crippen LogP contribution in [0.1, 0.15) is 0 Å². The molecule has 0 saturated heterocycles. The van der Waals surface area contributed by atoms with Crippen LogP contribution in [0.4, 0.5) is 0 Å². The summed E-state index contributed by atoms with van der Waals surface area (Å²) in [5, 5.41) is 4.98. The van der Waals surface area contributed by atoms with E-state index in [4.69, 9.17) is 9.97 Å². The van der Waals surface area contributed by atoms with Crippen LogP contribution in [0.25, 0.3) is 92.7 Å². The van der Waals surface area contributed by atoms with Gasteiger partial charge in [0.05, 0.1) is 22.4 Å². The molecule has 0 atom stereocenters. The highest BCUT2D eigenvalue weighted by Gasteiger charge is 2.16. The molecule has 0 saturated carbocycles. The summed E-state index contributed by atoms with van der Waals surface area (Å²) in [7, 11) is 0. The molecule has 3 aromatic heterocycles. The lowest BCUT2D eigenvalue weighted by Crippen LogP contribution is -1.95. The molecule has 0 spiro atoms. The topological polar surface area (TPSA) is 30.7 Å². The predicted molar refractivity (Wildman–Crippen MR) is 211 cm³/mol. The number of rotatable bonds is 5. The average molecular weight is 656 g/mol. The van der Waals surface area contributed by atoms with Crippen molar-refractivity contribution in [1.82, 2.24) is 14.5 Å². The SMILES string of the molecule is c1ccc(-c2cc(-c3ccccc3)nc(-c3ccc4sc5ccc(-c6ccc7c(c6)c6ccccc6n7-c6ccccc6)cc5c4c3)n2)cc1. The molecule has 50 heavy (non-hydrogen) atoms. The van der Waals surface area contributed by atoms with E-state index in [1.807, 2.05) is 23.5 Å². The predicted octanol–water partition coefficient (Wildman–Crippen LogP) is 12.6. The van der Waals surface area contributed by atoms with Crippen LogP contribution in [0.2, 0.25) is 0 Å². The van der Waals surface area contributed by atoms with E-state index < -0.39 is 0 Å². The molecule has 0 radical (unpaired) electrons. The molecule has 0 bridgehead atoms. The molecule has 0 aliphatic carbocycles. The first-order valence-corrected chi connectivity index (χ1v) is 17.6. The third-order valence-electron chi connectivity index (χ3n) is 9.61. The first-order chi connectivity index (χ1) is 24.8.